The Balaban J connectivity index is 1.65. The first-order chi connectivity index (χ1) is 11.6. The van der Waals surface area contributed by atoms with Gasteiger partial charge in [-0.2, -0.15) is 0 Å². The second-order valence-electron chi connectivity index (χ2n) is 5.41. The fourth-order valence-electron chi connectivity index (χ4n) is 2.45. The van der Waals surface area contributed by atoms with E-state index >= 15 is 0 Å². The normalized spacial score (nSPS) is 12.1. The zero-order valence-corrected chi connectivity index (χ0v) is 13.8. The van der Waals surface area contributed by atoms with Gasteiger partial charge < -0.3 is 20.1 Å². The highest BCUT2D eigenvalue weighted by atomic mass is 35.5. The van der Waals surface area contributed by atoms with E-state index in [9.17, 15) is 9.90 Å². The first kappa shape index (κ1) is 16.4. The molecule has 6 heteroatoms. The van der Waals surface area contributed by atoms with Gasteiger partial charge in [0.25, 0.3) is 5.91 Å². The Labute approximate surface area is 144 Å². The fourth-order valence-corrected chi connectivity index (χ4v) is 2.63. The molecular formula is C18H17ClN2O3. The van der Waals surface area contributed by atoms with Crippen LogP contribution in [0.2, 0.25) is 5.02 Å². The van der Waals surface area contributed by atoms with Gasteiger partial charge in [-0.3, -0.25) is 4.79 Å². The Bertz CT molecular complexity index is 858. The summed E-state index contributed by atoms with van der Waals surface area (Å²) in [6, 6.07) is 14.2. The Morgan fingerprint density at radius 1 is 1.25 bits per heavy atom. The van der Waals surface area contributed by atoms with Crippen LogP contribution in [0.3, 0.4) is 0 Å². The fraction of sp³-hybridized carbons (Fsp3) is 0.167. The van der Waals surface area contributed by atoms with E-state index in [0.717, 1.165) is 10.9 Å². The van der Waals surface area contributed by atoms with Gasteiger partial charge in [0.1, 0.15) is 11.4 Å². The molecule has 1 atom stereocenters. The predicted octanol–water partition coefficient (Wildman–Crippen LogP) is 3.29. The van der Waals surface area contributed by atoms with Crippen molar-refractivity contribution in [3.05, 3.63) is 64.8 Å². The van der Waals surface area contributed by atoms with Gasteiger partial charge in [-0.1, -0.05) is 23.7 Å². The summed E-state index contributed by atoms with van der Waals surface area (Å²) in [6.45, 7) is 0.112. The molecule has 0 saturated heterocycles. The second kappa shape index (κ2) is 6.95. The molecule has 1 amide bonds. The van der Waals surface area contributed by atoms with Gasteiger partial charge in [0.2, 0.25) is 0 Å². The molecule has 0 aliphatic heterocycles. The third-order valence-electron chi connectivity index (χ3n) is 3.78. The van der Waals surface area contributed by atoms with Crippen molar-refractivity contribution in [3.63, 3.8) is 0 Å². The number of amides is 1. The molecule has 1 unspecified atom stereocenters. The van der Waals surface area contributed by atoms with Crippen LogP contribution in [0.25, 0.3) is 10.9 Å². The number of hydrogen-bond donors (Lipinski definition) is 3. The molecule has 0 spiro atoms. The van der Waals surface area contributed by atoms with Crippen LogP contribution < -0.4 is 10.1 Å². The van der Waals surface area contributed by atoms with Crippen molar-refractivity contribution in [3.8, 4) is 5.75 Å². The van der Waals surface area contributed by atoms with E-state index in [4.69, 9.17) is 16.3 Å². The van der Waals surface area contributed by atoms with Gasteiger partial charge in [-0.15, -0.1) is 0 Å². The number of rotatable bonds is 5. The second-order valence-corrected chi connectivity index (χ2v) is 5.85. The number of fused-ring (bicyclic) bond motifs is 1. The first-order valence-electron chi connectivity index (χ1n) is 7.45. The summed E-state index contributed by atoms with van der Waals surface area (Å²) in [5, 5.41) is 14.4. The lowest BCUT2D eigenvalue weighted by Crippen LogP contribution is -2.28. The van der Waals surface area contributed by atoms with Crippen molar-refractivity contribution in [2.45, 2.75) is 6.10 Å². The number of aliphatic hydroxyl groups is 1. The number of H-pyrrole nitrogens is 1. The highest BCUT2D eigenvalue weighted by Crippen LogP contribution is 2.20. The average molecular weight is 345 g/mol. The van der Waals surface area contributed by atoms with E-state index in [1.165, 1.54) is 0 Å². The highest BCUT2D eigenvalue weighted by Gasteiger charge is 2.13. The number of hydrogen-bond acceptors (Lipinski definition) is 3. The number of carbonyl (C=O) groups is 1. The van der Waals surface area contributed by atoms with Crippen LogP contribution in [0, 0.1) is 0 Å². The third kappa shape index (κ3) is 3.53. The summed E-state index contributed by atoms with van der Waals surface area (Å²) in [7, 11) is 1.58. The highest BCUT2D eigenvalue weighted by molar-refractivity contribution is 6.31. The molecule has 0 bridgehead atoms. The standard InChI is InChI=1S/C18H17ClN2O3/c1-24-14-5-2-11(3-6-14)17(22)10-20-18(23)16-9-12-8-13(19)4-7-15(12)21-16/h2-9,17,21-22H,10H2,1H3,(H,20,23). The average Bonchev–Trinajstić information content (AvgIpc) is 3.02. The van der Waals surface area contributed by atoms with E-state index < -0.39 is 6.10 Å². The minimum Gasteiger partial charge on any atom is -0.497 e. The number of benzene rings is 2. The first-order valence-corrected chi connectivity index (χ1v) is 7.83. The van der Waals surface area contributed by atoms with Crippen molar-refractivity contribution < 1.29 is 14.6 Å². The van der Waals surface area contributed by atoms with Gasteiger partial charge in [-0.05, 0) is 42.0 Å². The third-order valence-corrected chi connectivity index (χ3v) is 4.02. The van der Waals surface area contributed by atoms with Crippen LogP contribution in [-0.2, 0) is 0 Å². The SMILES string of the molecule is COc1ccc(C(O)CNC(=O)c2cc3cc(Cl)ccc3[nH]2)cc1. The van der Waals surface area contributed by atoms with Crippen molar-refractivity contribution in [2.75, 3.05) is 13.7 Å². The number of ether oxygens (including phenoxy) is 1. The van der Waals surface area contributed by atoms with Crippen molar-refractivity contribution in [2.24, 2.45) is 0 Å². The van der Waals surface area contributed by atoms with Crippen LogP contribution in [-0.4, -0.2) is 29.7 Å². The summed E-state index contributed by atoms with van der Waals surface area (Å²) in [4.78, 5) is 15.3. The Morgan fingerprint density at radius 3 is 2.71 bits per heavy atom. The number of aromatic amines is 1. The predicted molar refractivity (Wildman–Crippen MR) is 93.6 cm³/mol. The maximum atomic E-state index is 12.2. The molecule has 3 N–H and O–H groups in total. The van der Waals surface area contributed by atoms with E-state index in [0.29, 0.717) is 22.0 Å². The molecule has 24 heavy (non-hydrogen) atoms. The minimum atomic E-state index is -0.793. The van der Waals surface area contributed by atoms with Gasteiger partial charge in [0, 0.05) is 22.5 Å². The van der Waals surface area contributed by atoms with Crippen molar-refractivity contribution in [1.82, 2.24) is 10.3 Å². The summed E-state index contributed by atoms with van der Waals surface area (Å²) >= 11 is 5.94. The maximum absolute atomic E-state index is 12.2. The molecule has 1 aromatic heterocycles. The number of methoxy groups -OCH3 is 1. The zero-order chi connectivity index (χ0) is 17.1. The number of carbonyl (C=O) groups excluding carboxylic acids is 1. The number of aromatic nitrogens is 1. The smallest absolute Gasteiger partial charge is 0.267 e. The zero-order valence-electron chi connectivity index (χ0n) is 13.0. The molecule has 0 aliphatic carbocycles. The summed E-state index contributed by atoms with van der Waals surface area (Å²) in [5.41, 5.74) is 1.97. The lowest BCUT2D eigenvalue weighted by Gasteiger charge is -2.12. The lowest BCUT2D eigenvalue weighted by atomic mass is 10.1. The molecule has 0 saturated carbocycles. The molecule has 124 valence electrons. The van der Waals surface area contributed by atoms with Crippen LogP contribution in [0.1, 0.15) is 22.2 Å². The summed E-state index contributed by atoms with van der Waals surface area (Å²) in [6.07, 6.45) is -0.793. The molecule has 0 fully saturated rings. The van der Waals surface area contributed by atoms with Crippen LogP contribution in [0.15, 0.2) is 48.5 Å². The topological polar surface area (TPSA) is 74.3 Å². The molecule has 5 nitrogen and oxygen atoms in total. The Morgan fingerprint density at radius 2 is 2.00 bits per heavy atom. The molecule has 1 heterocycles. The molecule has 0 radical (unpaired) electrons. The molecule has 3 rings (SSSR count). The maximum Gasteiger partial charge on any atom is 0.267 e. The van der Waals surface area contributed by atoms with Crippen LogP contribution in [0.4, 0.5) is 0 Å². The monoisotopic (exact) mass is 344 g/mol. The van der Waals surface area contributed by atoms with Crippen LogP contribution >= 0.6 is 11.6 Å². The van der Waals surface area contributed by atoms with Gasteiger partial charge >= 0.3 is 0 Å². The van der Waals surface area contributed by atoms with Crippen molar-refractivity contribution in [1.29, 1.82) is 0 Å². The van der Waals surface area contributed by atoms with Crippen molar-refractivity contribution >= 4 is 28.4 Å². The number of aliphatic hydroxyl groups excluding tert-OH is 1. The summed E-state index contributed by atoms with van der Waals surface area (Å²) < 4.78 is 5.08. The van der Waals surface area contributed by atoms with Gasteiger partial charge in [0.15, 0.2) is 0 Å². The molecule has 0 aliphatic rings. The number of halogens is 1. The summed E-state index contributed by atoms with van der Waals surface area (Å²) in [5.74, 6) is 0.432. The number of nitrogens with one attached hydrogen (secondary N) is 2. The minimum absolute atomic E-state index is 0.112. The van der Waals surface area contributed by atoms with E-state index in [-0.39, 0.29) is 12.5 Å². The lowest BCUT2D eigenvalue weighted by molar-refractivity contribution is 0.0912. The Hall–Kier alpha value is -2.50. The molecule has 2 aromatic carbocycles. The molecular weight excluding hydrogens is 328 g/mol. The van der Waals surface area contributed by atoms with Gasteiger partial charge in [0.05, 0.1) is 13.2 Å². The Kier molecular flexibility index (Phi) is 4.74. The van der Waals surface area contributed by atoms with E-state index in [2.05, 4.69) is 10.3 Å². The quantitative estimate of drug-likeness (QED) is 0.665. The van der Waals surface area contributed by atoms with E-state index in [1.54, 1.807) is 49.6 Å². The largest absolute Gasteiger partial charge is 0.497 e. The van der Waals surface area contributed by atoms with E-state index in [1.807, 2.05) is 6.07 Å². The van der Waals surface area contributed by atoms with Gasteiger partial charge in [-0.25, -0.2) is 0 Å². The molecule has 3 aromatic rings. The van der Waals surface area contributed by atoms with Crippen LogP contribution in [0.5, 0.6) is 5.75 Å².